The minimum atomic E-state index is -0.162. The molecule has 3 aromatic rings. The second-order valence-electron chi connectivity index (χ2n) is 7.43. The van der Waals surface area contributed by atoms with Crippen molar-refractivity contribution in [2.75, 3.05) is 0 Å². The number of hydrogen-bond donors (Lipinski definition) is 1. The molecule has 0 saturated heterocycles. The smallest absolute Gasteiger partial charge is 0.220 e. The van der Waals surface area contributed by atoms with E-state index in [2.05, 4.69) is 29.2 Å². The van der Waals surface area contributed by atoms with Crippen LogP contribution >= 0.6 is 0 Å². The van der Waals surface area contributed by atoms with E-state index < -0.39 is 0 Å². The van der Waals surface area contributed by atoms with E-state index in [0.29, 0.717) is 23.8 Å². The Morgan fingerprint density at radius 2 is 1.83 bits per heavy atom. The molecular weight excluding hydrogens is 364 g/mol. The van der Waals surface area contributed by atoms with Crippen molar-refractivity contribution in [1.29, 1.82) is 0 Å². The van der Waals surface area contributed by atoms with Gasteiger partial charge < -0.3 is 5.32 Å². The zero-order valence-corrected chi connectivity index (χ0v) is 16.8. The molecule has 6 nitrogen and oxygen atoms in total. The van der Waals surface area contributed by atoms with E-state index in [9.17, 15) is 9.59 Å². The SMILES string of the molecule is CC(C)Cc1ccc(C(=O)CCC(=O)NCc2cccnc2-n2cccn2)cc1. The largest absolute Gasteiger partial charge is 0.352 e. The Morgan fingerprint density at radius 1 is 1.03 bits per heavy atom. The van der Waals surface area contributed by atoms with Crippen molar-refractivity contribution in [3.05, 3.63) is 77.7 Å². The minimum absolute atomic E-state index is 0.0187. The Labute approximate surface area is 171 Å². The number of hydrogen-bond acceptors (Lipinski definition) is 4. The maximum atomic E-state index is 12.4. The highest BCUT2D eigenvalue weighted by atomic mass is 16.2. The van der Waals surface area contributed by atoms with Crippen molar-refractivity contribution in [3.8, 4) is 5.82 Å². The zero-order valence-electron chi connectivity index (χ0n) is 16.8. The van der Waals surface area contributed by atoms with E-state index in [1.165, 1.54) is 5.56 Å². The number of carbonyl (C=O) groups excluding carboxylic acids is 2. The number of Topliss-reactive ketones (excluding diaryl/α,β-unsaturated/α-hetero) is 1. The van der Waals surface area contributed by atoms with Gasteiger partial charge in [-0.25, -0.2) is 9.67 Å². The Bertz CT molecular complexity index is 947. The lowest BCUT2D eigenvalue weighted by atomic mass is 9.99. The van der Waals surface area contributed by atoms with Gasteiger partial charge in [-0.3, -0.25) is 9.59 Å². The Hall–Kier alpha value is -3.28. The van der Waals surface area contributed by atoms with Crippen LogP contribution < -0.4 is 5.32 Å². The molecule has 1 amide bonds. The van der Waals surface area contributed by atoms with Gasteiger partial charge in [0.25, 0.3) is 0 Å². The molecule has 0 radical (unpaired) electrons. The third-order valence-electron chi connectivity index (χ3n) is 4.56. The first kappa shape index (κ1) is 20.5. The molecule has 1 N–H and O–H groups in total. The van der Waals surface area contributed by atoms with Crippen LogP contribution in [0.4, 0.5) is 0 Å². The van der Waals surface area contributed by atoms with Gasteiger partial charge in [-0.15, -0.1) is 0 Å². The lowest BCUT2D eigenvalue weighted by Crippen LogP contribution is -2.24. The van der Waals surface area contributed by atoms with Crippen LogP contribution in [0.15, 0.2) is 61.1 Å². The van der Waals surface area contributed by atoms with Crippen LogP contribution in [0.1, 0.15) is 48.2 Å². The lowest BCUT2D eigenvalue weighted by molar-refractivity contribution is -0.121. The molecule has 0 atom stereocenters. The highest BCUT2D eigenvalue weighted by molar-refractivity contribution is 5.97. The van der Waals surface area contributed by atoms with Gasteiger partial charge in [0.05, 0.1) is 0 Å². The molecule has 1 aromatic carbocycles. The number of rotatable bonds is 9. The van der Waals surface area contributed by atoms with Gasteiger partial charge in [0, 0.05) is 49.1 Å². The molecule has 29 heavy (non-hydrogen) atoms. The standard InChI is InChI=1S/C23H26N4O2/c1-17(2)15-18-6-8-19(9-7-18)21(28)10-11-22(29)25-16-20-5-3-12-24-23(20)27-14-4-13-26-27/h3-9,12-14,17H,10-11,15-16H2,1-2H3,(H,25,29). The molecular formula is C23H26N4O2. The van der Waals surface area contributed by atoms with Gasteiger partial charge in [-0.05, 0) is 30.0 Å². The average molecular weight is 390 g/mol. The number of aromatic nitrogens is 3. The molecule has 3 rings (SSSR count). The summed E-state index contributed by atoms with van der Waals surface area (Å²) in [7, 11) is 0. The maximum absolute atomic E-state index is 12.4. The van der Waals surface area contributed by atoms with Crippen LogP contribution in [-0.4, -0.2) is 26.5 Å². The van der Waals surface area contributed by atoms with Crippen LogP contribution in [0, 0.1) is 5.92 Å². The molecule has 0 spiro atoms. The van der Waals surface area contributed by atoms with Crippen molar-refractivity contribution < 1.29 is 9.59 Å². The fourth-order valence-electron chi connectivity index (χ4n) is 3.12. The molecule has 0 bridgehead atoms. The molecule has 0 aliphatic carbocycles. The first-order chi connectivity index (χ1) is 14.0. The van der Waals surface area contributed by atoms with E-state index >= 15 is 0 Å². The Balaban J connectivity index is 1.50. The third kappa shape index (κ3) is 5.85. The van der Waals surface area contributed by atoms with Crippen LogP contribution in [0.3, 0.4) is 0 Å². The molecule has 6 heteroatoms. The summed E-state index contributed by atoms with van der Waals surface area (Å²) in [5.74, 6) is 1.07. The normalized spacial score (nSPS) is 10.9. The summed E-state index contributed by atoms with van der Waals surface area (Å²) >= 11 is 0. The quantitative estimate of drug-likeness (QED) is 0.565. The number of nitrogens with one attached hydrogen (secondary N) is 1. The van der Waals surface area contributed by atoms with Gasteiger partial charge in [-0.2, -0.15) is 5.10 Å². The fourth-order valence-corrected chi connectivity index (χ4v) is 3.12. The number of benzene rings is 1. The number of ketones is 1. The molecule has 150 valence electrons. The van der Waals surface area contributed by atoms with Gasteiger partial charge in [0.1, 0.15) is 0 Å². The van der Waals surface area contributed by atoms with E-state index in [-0.39, 0.29) is 24.5 Å². The lowest BCUT2D eigenvalue weighted by Gasteiger charge is -2.10. The fraction of sp³-hybridized carbons (Fsp3) is 0.304. The predicted octanol–water partition coefficient (Wildman–Crippen LogP) is 3.75. The van der Waals surface area contributed by atoms with Crippen molar-refractivity contribution in [2.45, 2.75) is 39.7 Å². The molecule has 2 aromatic heterocycles. The second kappa shape index (κ2) is 9.78. The summed E-state index contributed by atoms with van der Waals surface area (Å²) < 4.78 is 1.66. The van der Waals surface area contributed by atoms with Crippen molar-refractivity contribution in [3.63, 3.8) is 0 Å². The predicted molar refractivity (Wildman–Crippen MR) is 112 cm³/mol. The number of amides is 1. The van der Waals surface area contributed by atoms with Gasteiger partial charge in [-0.1, -0.05) is 44.2 Å². The van der Waals surface area contributed by atoms with Gasteiger partial charge >= 0.3 is 0 Å². The maximum Gasteiger partial charge on any atom is 0.220 e. The second-order valence-corrected chi connectivity index (χ2v) is 7.43. The topological polar surface area (TPSA) is 76.9 Å². The molecule has 0 fully saturated rings. The minimum Gasteiger partial charge on any atom is -0.352 e. The Kier molecular flexibility index (Phi) is 6.89. The first-order valence-electron chi connectivity index (χ1n) is 9.85. The van der Waals surface area contributed by atoms with E-state index in [0.717, 1.165) is 12.0 Å². The van der Waals surface area contributed by atoms with Crippen LogP contribution in [0.2, 0.25) is 0 Å². The third-order valence-corrected chi connectivity index (χ3v) is 4.56. The zero-order chi connectivity index (χ0) is 20.6. The van der Waals surface area contributed by atoms with E-state index in [1.54, 1.807) is 23.3 Å². The average Bonchev–Trinajstić information content (AvgIpc) is 3.25. The van der Waals surface area contributed by atoms with Crippen LogP contribution in [0.25, 0.3) is 5.82 Å². The summed E-state index contributed by atoms with van der Waals surface area (Å²) in [6, 6.07) is 13.2. The van der Waals surface area contributed by atoms with Gasteiger partial charge in [0.15, 0.2) is 11.6 Å². The summed E-state index contributed by atoms with van der Waals surface area (Å²) in [4.78, 5) is 28.9. The summed E-state index contributed by atoms with van der Waals surface area (Å²) in [6.07, 6.45) is 6.51. The number of carbonyl (C=O) groups is 2. The highest BCUT2D eigenvalue weighted by Gasteiger charge is 2.11. The van der Waals surface area contributed by atoms with E-state index in [4.69, 9.17) is 0 Å². The number of nitrogens with zero attached hydrogens (tertiary/aromatic N) is 3. The first-order valence-corrected chi connectivity index (χ1v) is 9.85. The molecule has 0 aliphatic heterocycles. The number of pyridine rings is 1. The highest BCUT2D eigenvalue weighted by Crippen LogP contribution is 2.13. The van der Waals surface area contributed by atoms with E-state index in [1.807, 2.05) is 42.5 Å². The van der Waals surface area contributed by atoms with Crippen molar-refractivity contribution in [1.82, 2.24) is 20.1 Å². The Morgan fingerprint density at radius 3 is 2.52 bits per heavy atom. The summed E-state index contributed by atoms with van der Waals surface area (Å²) in [5, 5.41) is 7.05. The van der Waals surface area contributed by atoms with Crippen LogP contribution in [0.5, 0.6) is 0 Å². The molecule has 0 saturated carbocycles. The molecule has 0 unspecified atom stereocenters. The van der Waals surface area contributed by atoms with Crippen molar-refractivity contribution in [2.24, 2.45) is 5.92 Å². The van der Waals surface area contributed by atoms with Crippen LogP contribution in [-0.2, 0) is 17.8 Å². The van der Waals surface area contributed by atoms with Crippen molar-refractivity contribution >= 4 is 11.7 Å². The summed E-state index contributed by atoms with van der Waals surface area (Å²) in [6.45, 7) is 4.67. The monoisotopic (exact) mass is 390 g/mol. The molecule has 2 heterocycles. The molecule has 0 aliphatic rings. The summed E-state index contributed by atoms with van der Waals surface area (Å²) in [5.41, 5.74) is 2.73. The van der Waals surface area contributed by atoms with Gasteiger partial charge in [0.2, 0.25) is 5.91 Å².